The van der Waals surface area contributed by atoms with Crippen molar-refractivity contribution < 1.29 is 9.53 Å². The first-order valence-electron chi connectivity index (χ1n) is 11.1. The molecule has 0 spiro atoms. The Morgan fingerprint density at radius 1 is 0.892 bits per heavy atom. The van der Waals surface area contributed by atoms with E-state index in [0.717, 1.165) is 20.9 Å². The Hall–Kier alpha value is -2.74. The number of carbonyl (C=O) groups excluding carboxylic acids is 1. The summed E-state index contributed by atoms with van der Waals surface area (Å²) < 4.78 is 6.13. The van der Waals surface area contributed by atoms with Gasteiger partial charge in [-0.15, -0.1) is 0 Å². The van der Waals surface area contributed by atoms with Crippen molar-refractivity contribution in [1.29, 1.82) is 0 Å². The van der Waals surface area contributed by atoms with Gasteiger partial charge in [0.15, 0.2) is 5.11 Å². The van der Waals surface area contributed by atoms with Crippen molar-refractivity contribution in [1.82, 2.24) is 5.32 Å². The van der Waals surface area contributed by atoms with Gasteiger partial charge in [-0.05, 0) is 104 Å². The predicted molar refractivity (Wildman–Crippen MR) is 158 cm³/mol. The highest BCUT2D eigenvalue weighted by atomic mass is 35.5. The molecule has 1 amide bonds. The monoisotopic (exact) mass is 586 g/mol. The lowest BCUT2D eigenvalue weighted by Crippen LogP contribution is -2.34. The van der Waals surface area contributed by atoms with E-state index in [2.05, 4.69) is 10.6 Å². The van der Waals surface area contributed by atoms with E-state index in [-0.39, 0.29) is 5.11 Å². The Morgan fingerprint density at radius 2 is 1.51 bits per heavy atom. The highest BCUT2D eigenvalue weighted by Gasteiger charge is 2.17. The maximum atomic E-state index is 12.5. The second-order valence-corrected chi connectivity index (χ2v) is 10.8. The summed E-state index contributed by atoms with van der Waals surface area (Å²) in [5.74, 6) is 0.808. The smallest absolute Gasteiger partial charge is 0.258 e. The summed E-state index contributed by atoms with van der Waals surface area (Å²) in [6, 6.07) is 24.1. The Bertz CT molecular complexity index is 1460. The van der Waals surface area contributed by atoms with Crippen LogP contribution in [0.1, 0.15) is 21.5 Å². The fourth-order valence-corrected chi connectivity index (χ4v) is 5.06. The highest BCUT2D eigenvalue weighted by molar-refractivity contribution is 7.99. The Labute approximate surface area is 240 Å². The number of thiocarbonyl (C=S) groups is 1. The topological polar surface area (TPSA) is 50.4 Å². The van der Waals surface area contributed by atoms with Crippen molar-refractivity contribution in [3.8, 4) is 11.5 Å². The number of rotatable bonds is 6. The minimum atomic E-state index is -0.402. The maximum Gasteiger partial charge on any atom is 0.258 e. The van der Waals surface area contributed by atoms with Gasteiger partial charge < -0.3 is 10.1 Å². The van der Waals surface area contributed by atoms with E-state index in [4.69, 9.17) is 51.8 Å². The maximum absolute atomic E-state index is 12.5. The lowest BCUT2D eigenvalue weighted by Gasteiger charge is -2.18. The van der Waals surface area contributed by atoms with Crippen LogP contribution < -0.4 is 15.4 Å². The van der Waals surface area contributed by atoms with E-state index in [1.807, 2.05) is 68.4 Å². The van der Waals surface area contributed by atoms with Crippen molar-refractivity contribution >= 4 is 75.5 Å². The van der Waals surface area contributed by atoms with E-state index in [0.29, 0.717) is 37.8 Å². The van der Waals surface area contributed by atoms with E-state index in [9.17, 15) is 4.79 Å². The third-order valence-electron chi connectivity index (χ3n) is 5.34. The molecule has 37 heavy (non-hydrogen) atoms. The molecule has 9 heteroatoms. The Kier molecular flexibility index (Phi) is 9.00. The van der Waals surface area contributed by atoms with Crippen molar-refractivity contribution in [2.75, 3.05) is 5.32 Å². The third-order valence-corrected chi connectivity index (χ3v) is 7.59. The van der Waals surface area contributed by atoms with Gasteiger partial charge in [-0.2, -0.15) is 0 Å². The number of nitrogens with one attached hydrogen (secondary N) is 2. The van der Waals surface area contributed by atoms with E-state index < -0.39 is 5.91 Å². The van der Waals surface area contributed by atoms with Gasteiger partial charge in [0.2, 0.25) is 0 Å². The van der Waals surface area contributed by atoms with Crippen LogP contribution in [0.2, 0.25) is 15.1 Å². The molecule has 0 aliphatic heterocycles. The average molecular weight is 588 g/mol. The standard InChI is InChI=1S/C28H21Cl3N2O2S2/c1-16-15-24(32-28(36)33-27(34)22-5-3-4-6-23(22)30)17(2)25(31)26(16)35-19-9-13-21(14-10-19)37-20-11-7-18(29)8-12-20/h3-15H,1-2H3,(H2,32,33,34,36). The number of aryl methyl sites for hydroxylation is 1. The van der Waals surface area contributed by atoms with Gasteiger partial charge in [-0.1, -0.05) is 58.7 Å². The molecular formula is C28H21Cl3N2O2S2. The molecule has 0 aliphatic carbocycles. The number of halogens is 3. The molecule has 0 unspecified atom stereocenters. The molecular weight excluding hydrogens is 567 g/mol. The van der Waals surface area contributed by atoms with Crippen LogP contribution in [0.5, 0.6) is 11.5 Å². The van der Waals surface area contributed by atoms with Crippen LogP contribution in [-0.4, -0.2) is 11.0 Å². The molecule has 4 aromatic carbocycles. The largest absolute Gasteiger partial charge is 0.456 e. The van der Waals surface area contributed by atoms with Gasteiger partial charge in [0.1, 0.15) is 11.5 Å². The van der Waals surface area contributed by atoms with Crippen molar-refractivity contribution in [3.05, 3.63) is 111 Å². The Morgan fingerprint density at radius 3 is 2.16 bits per heavy atom. The van der Waals surface area contributed by atoms with Crippen LogP contribution in [0, 0.1) is 13.8 Å². The minimum Gasteiger partial charge on any atom is -0.456 e. The molecule has 0 radical (unpaired) electrons. The van der Waals surface area contributed by atoms with E-state index in [1.54, 1.807) is 36.0 Å². The van der Waals surface area contributed by atoms with Gasteiger partial charge >= 0.3 is 0 Å². The van der Waals surface area contributed by atoms with Crippen molar-refractivity contribution in [2.24, 2.45) is 0 Å². The Balaban J connectivity index is 1.44. The molecule has 0 aromatic heterocycles. The molecule has 0 saturated heterocycles. The summed E-state index contributed by atoms with van der Waals surface area (Å²) in [5.41, 5.74) is 2.53. The number of hydrogen-bond acceptors (Lipinski definition) is 4. The zero-order chi connectivity index (χ0) is 26.5. The first kappa shape index (κ1) is 27.3. The lowest BCUT2D eigenvalue weighted by molar-refractivity contribution is 0.0978. The molecule has 4 rings (SSSR count). The highest BCUT2D eigenvalue weighted by Crippen LogP contribution is 2.39. The summed E-state index contributed by atoms with van der Waals surface area (Å²) in [7, 11) is 0. The molecule has 0 fully saturated rings. The minimum absolute atomic E-state index is 0.130. The normalized spacial score (nSPS) is 10.6. The summed E-state index contributed by atoms with van der Waals surface area (Å²) >= 11 is 25.7. The number of amides is 1. The van der Waals surface area contributed by atoms with Gasteiger partial charge in [0.25, 0.3) is 5.91 Å². The fourth-order valence-electron chi connectivity index (χ4n) is 3.41. The van der Waals surface area contributed by atoms with Crippen LogP contribution >= 0.6 is 58.8 Å². The van der Waals surface area contributed by atoms with Crippen LogP contribution in [0.25, 0.3) is 0 Å². The molecule has 4 nitrogen and oxygen atoms in total. The number of carbonyl (C=O) groups is 1. The SMILES string of the molecule is Cc1cc(NC(=S)NC(=O)c2ccccc2Cl)c(C)c(Cl)c1Oc1ccc(Sc2ccc(Cl)cc2)cc1. The quantitative estimate of drug-likeness (QED) is 0.220. The van der Waals surface area contributed by atoms with Crippen LogP contribution in [0.3, 0.4) is 0 Å². The van der Waals surface area contributed by atoms with Gasteiger partial charge in [0, 0.05) is 20.5 Å². The summed E-state index contributed by atoms with van der Waals surface area (Å²) in [6.45, 7) is 3.74. The zero-order valence-electron chi connectivity index (χ0n) is 19.8. The summed E-state index contributed by atoms with van der Waals surface area (Å²) in [6.07, 6.45) is 0. The first-order valence-corrected chi connectivity index (χ1v) is 13.4. The fraction of sp³-hybridized carbons (Fsp3) is 0.0714. The lowest BCUT2D eigenvalue weighted by atomic mass is 10.1. The van der Waals surface area contributed by atoms with Crippen LogP contribution in [-0.2, 0) is 0 Å². The molecule has 188 valence electrons. The second-order valence-electron chi connectivity index (χ2n) is 8.03. The van der Waals surface area contributed by atoms with Crippen molar-refractivity contribution in [2.45, 2.75) is 23.6 Å². The van der Waals surface area contributed by atoms with E-state index in [1.165, 1.54) is 0 Å². The zero-order valence-corrected chi connectivity index (χ0v) is 23.7. The van der Waals surface area contributed by atoms with Crippen LogP contribution in [0.15, 0.2) is 88.7 Å². The van der Waals surface area contributed by atoms with Crippen LogP contribution in [0.4, 0.5) is 5.69 Å². The molecule has 2 N–H and O–H groups in total. The van der Waals surface area contributed by atoms with Gasteiger partial charge in [-0.3, -0.25) is 10.1 Å². The molecule has 0 saturated carbocycles. The van der Waals surface area contributed by atoms with Crippen molar-refractivity contribution in [3.63, 3.8) is 0 Å². The molecule has 4 aromatic rings. The number of hydrogen-bond donors (Lipinski definition) is 2. The molecule has 0 aliphatic rings. The number of anilines is 1. The van der Waals surface area contributed by atoms with E-state index >= 15 is 0 Å². The first-order chi connectivity index (χ1) is 17.7. The summed E-state index contributed by atoms with van der Waals surface area (Å²) in [5, 5.41) is 7.32. The third kappa shape index (κ3) is 6.98. The average Bonchev–Trinajstić information content (AvgIpc) is 2.87. The van der Waals surface area contributed by atoms with Gasteiger partial charge in [0.05, 0.1) is 15.6 Å². The second kappa shape index (κ2) is 12.2. The number of benzene rings is 4. The summed E-state index contributed by atoms with van der Waals surface area (Å²) in [4.78, 5) is 14.7. The molecule has 0 atom stereocenters. The molecule has 0 bridgehead atoms. The number of ether oxygens (including phenoxy) is 1. The molecule has 0 heterocycles. The predicted octanol–water partition coefficient (Wildman–Crippen LogP) is 9.33. The van der Waals surface area contributed by atoms with Gasteiger partial charge in [-0.25, -0.2) is 0 Å².